The first-order chi connectivity index (χ1) is 18.4. The Morgan fingerprint density at radius 1 is 0.579 bits per heavy atom. The van der Waals surface area contributed by atoms with Gasteiger partial charge in [-0.25, -0.2) is 9.59 Å². The minimum absolute atomic E-state index is 0.0686. The summed E-state index contributed by atoms with van der Waals surface area (Å²) >= 11 is 0. The summed E-state index contributed by atoms with van der Waals surface area (Å²) < 4.78 is 11.9. The molecule has 0 aromatic heterocycles. The highest BCUT2D eigenvalue weighted by Gasteiger charge is 2.20. The standard InChI is InChI=1S/C34H58O4/c1-7-13-22-31(24-15-18-27(9-3)10-4)37-33(35)29-20-17-21-30(26-29)34(36)38-32(23-14-8-2)25-16-19-28(11-5)12-6/h17,20-21,26-28,31-32H,7-16,18-19,22-25H2,1-6H3. The minimum Gasteiger partial charge on any atom is -0.459 e. The maximum absolute atomic E-state index is 13.1. The third-order valence-corrected chi connectivity index (χ3v) is 8.23. The van der Waals surface area contributed by atoms with E-state index < -0.39 is 0 Å². The Bertz CT molecular complexity index is 691. The monoisotopic (exact) mass is 530 g/mol. The lowest BCUT2D eigenvalue weighted by molar-refractivity contribution is 0.0246. The van der Waals surface area contributed by atoms with E-state index >= 15 is 0 Å². The van der Waals surface area contributed by atoms with E-state index in [1.54, 1.807) is 24.3 Å². The van der Waals surface area contributed by atoms with Crippen LogP contribution in [-0.2, 0) is 9.47 Å². The summed E-state index contributed by atoms with van der Waals surface area (Å²) in [5.74, 6) is 0.828. The molecule has 0 aliphatic heterocycles. The highest BCUT2D eigenvalue weighted by molar-refractivity contribution is 5.95. The zero-order valence-electron chi connectivity index (χ0n) is 25.6. The number of ether oxygens (including phenoxy) is 2. The Kier molecular flexibility index (Phi) is 18.9. The Hall–Kier alpha value is -1.84. The molecule has 0 saturated heterocycles. The van der Waals surface area contributed by atoms with E-state index in [2.05, 4.69) is 41.5 Å². The second-order valence-electron chi connectivity index (χ2n) is 11.1. The summed E-state index contributed by atoms with van der Waals surface area (Å²) in [5, 5.41) is 0. The van der Waals surface area contributed by atoms with Crippen LogP contribution in [0.2, 0.25) is 0 Å². The number of rotatable bonds is 22. The summed E-state index contributed by atoms with van der Waals surface area (Å²) in [7, 11) is 0. The third kappa shape index (κ3) is 13.8. The zero-order valence-corrected chi connectivity index (χ0v) is 25.6. The molecule has 0 aliphatic carbocycles. The van der Waals surface area contributed by atoms with Crippen LogP contribution in [0.1, 0.15) is 165 Å². The summed E-state index contributed by atoms with van der Waals surface area (Å²) in [6, 6.07) is 6.89. The Morgan fingerprint density at radius 3 is 1.29 bits per heavy atom. The van der Waals surface area contributed by atoms with Crippen molar-refractivity contribution in [2.24, 2.45) is 11.8 Å². The Balaban J connectivity index is 2.79. The van der Waals surface area contributed by atoms with Gasteiger partial charge in [-0.1, -0.05) is 112 Å². The lowest BCUT2D eigenvalue weighted by atomic mass is 9.95. The first-order valence-electron chi connectivity index (χ1n) is 15.9. The fourth-order valence-corrected chi connectivity index (χ4v) is 5.26. The van der Waals surface area contributed by atoms with E-state index in [-0.39, 0.29) is 24.1 Å². The fourth-order valence-electron chi connectivity index (χ4n) is 5.26. The predicted octanol–water partition coefficient (Wildman–Crippen LogP) is 10.3. The van der Waals surface area contributed by atoms with Gasteiger partial charge in [0.05, 0.1) is 11.1 Å². The summed E-state index contributed by atoms with van der Waals surface area (Å²) in [6.07, 6.45) is 17.1. The molecule has 218 valence electrons. The van der Waals surface area contributed by atoms with Crippen LogP contribution in [0, 0.1) is 11.8 Å². The largest absolute Gasteiger partial charge is 0.459 e. The molecule has 0 radical (unpaired) electrons. The number of esters is 2. The average Bonchev–Trinajstić information content (AvgIpc) is 2.94. The van der Waals surface area contributed by atoms with E-state index in [4.69, 9.17) is 9.47 Å². The molecular formula is C34H58O4. The van der Waals surface area contributed by atoms with Crippen molar-refractivity contribution < 1.29 is 19.1 Å². The molecule has 0 heterocycles. The van der Waals surface area contributed by atoms with Crippen LogP contribution in [0.4, 0.5) is 0 Å². The molecular weight excluding hydrogens is 472 g/mol. The molecule has 0 fully saturated rings. The molecule has 0 amide bonds. The molecule has 2 unspecified atom stereocenters. The maximum Gasteiger partial charge on any atom is 0.338 e. The Labute approximate surface area is 234 Å². The molecule has 4 heteroatoms. The molecule has 0 saturated carbocycles. The number of hydrogen-bond acceptors (Lipinski definition) is 4. The van der Waals surface area contributed by atoms with Crippen LogP contribution in [0.25, 0.3) is 0 Å². The fraction of sp³-hybridized carbons (Fsp3) is 0.765. The van der Waals surface area contributed by atoms with E-state index in [1.165, 1.54) is 38.5 Å². The van der Waals surface area contributed by atoms with E-state index in [0.717, 1.165) is 76.0 Å². The minimum atomic E-state index is -0.337. The molecule has 2 atom stereocenters. The first-order valence-corrected chi connectivity index (χ1v) is 15.9. The van der Waals surface area contributed by atoms with Gasteiger partial charge >= 0.3 is 11.9 Å². The third-order valence-electron chi connectivity index (χ3n) is 8.23. The molecule has 4 nitrogen and oxygen atoms in total. The van der Waals surface area contributed by atoms with Gasteiger partial charge in [-0.05, 0) is 68.6 Å². The highest BCUT2D eigenvalue weighted by atomic mass is 16.5. The van der Waals surface area contributed by atoms with Crippen LogP contribution < -0.4 is 0 Å². The van der Waals surface area contributed by atoms with Crippen LogP contribution in [0.15, 0.2) is 24.3 Å². The van der Waals surface area contributed by atoms with Gasteiger partial charge in [0.25, 0.3) is 0 Å². The highest BCUT2D eigenvalue weighted by Crippen LogP contribution is 2.22. The van der Waals surface area contributed by atoms with Crippen LogP contribution >= 0.6 is 0 Å². The predicted molar refractivity (Wildman–Crippen MR) is 160 cm³/mol. The van der Waals surface area contributed by atoms with Crippen molar-refractivity contribution in [1.82, 2.24) is 0 Å². The number of unbranched alkanes of at least 4 members (excludes halogenated alkanes) is 2. The van der Waals surface area contributed by atoms with Crippen molar-refractivity contribution in [2.45, 2.75) is 156 Å². The van der Waals surface area contributed by atoms with Gasteiger partial charge in [0, 0.05) is 0 Å². The van der Waals surface area contributed by atoms with Crippen molar-refractivity contribution in [2.75, 3.05) is 0 Å². The average molecular weight is 531 g/mol. The smallest absolute Gasteiger partial charge is 0.338 e. The molecule has 0 bridgehead atoms. The van der Waals surface area contributed by atoms with Crippen molar-refractivity contribution in [3.05, 3.63) is 35.4 Å². The molecule has 38 heavy (non-hydrogen) atoms. The lowest BCUT2D eigenvalue weighted by Crippen LogP contribution is -2.21. The number of carbonyl (C=O) groups is 2. The van der Waals surface area contributed by atoms with Crippen molar-refractivity contribution >= 4 is 11.9 Å². The number of carbonyl (C=O) groups excluding carboxylic acids is 2. The van der Waals surface area contributed by atoms with Crippen molar-refractivity contribution in [3.8, 4) is 0 Å². The van der Waals surface area contributed by atoms with Crippen molar-refractivity contribution in [1.29, 1.82) is 0 Å². The topological polar surface area (TPSA) is 52.6 Å². The zero-order chi connectivity index (χ0) is 28.2. The lowest BCUT2D eigenvalue weighted by Gasteiger charge is -2.20. The Morgan fingerprint density at radius 2 is 0.947 bits per heavy atom. The number of hydrogen-bond donors (Lipinski definition) is 0. The summed E-state index contributed by atoms with van der Waals surface area (Å²) in [6.45, 7) is 13.3. The number of benzene rings is 1. The molecule has 1 aromatic rings. The normalized spacial score (nSPS) is 13.1. The van der Waals surface area contributed by atoms with Crippen LogP contribution in [-0.4, -0.2) is 24.1 Å². The van der Waals surface area contributed by atoms with Crippen LogP contribution in [0.3, 0.4) is 0 Å². The molecule has 0 spiro atoms. The van der Waals surface area contributed by atoms with Gasteiger partial charge in [-0.15, -0.1) is 0 Å². The molecule has 0 aliphatic rings. The SMILES string of the molecule is CCCCC(CCCC(CC)CC)OC(=O)c1cccc(C(=O)OC(CCCC)CCCC(CC)CC)c1. The molecule has 0 N–H and O–H groups in total. The van der Waals surface area contributed by atoms with Gasteiger partial charge in [-0.3, -0.25) is 0 Å². The second-order valence-corrected chi connectivity index (χ2v) is 11.1. The summed E-state index contributed by atoms with van der Waals surface area (Å²) in [4.78, 5) is 26.1. The van der Waals surface area contributed by atoms with Crippen molar-refractivity contribution in [3.63, 3.8) is 0 Å². The molecule has 1 aromatic carbocycles. The quantitative estimate of drug-likeness (QED) is 0.140. The van der Waals surface area contributed by atoms with Gasteiger partial charge in [0.2, 0.25) is 0 Å². The van der Waals surface area contributed by atoms with Gasteiger partial charge in [0.15, 0.2) is 0 Å². The molecule has 1 rings (SSSR count). The second kappa shape index (κ2) is 21.0. The van der Waals surface area contributed by atoms with E-state index in [0.29, 0.717) is 11.1 Å². The van der Waals surface area contributed by atoms with E-state index in [9.17, 15) is 9.59 Å². The van der Waals surface area contributed by atoms with Gasteiger partial charge in [0.1, 0.15) is 12.2 Å². The van der Waals surface area contributed by atoms with Crippen LogP contribution in [0.5, 0.6) is 0 Å². The van der Waals surface area contributed by atoms with E-state index in [1.807, 2.05) is 0 Å². The summed E-state index contributed by atoms with van der Waals surface area (Å²) in [5.41, 5.74) is 0.861. The van der Waals surface area contributed by atoms with Gasteiger partial charge in [-0.2, -0.15) is 0 Å². The van der Waals surface area contributed by atoms with Gasteiger partial charge < -0.3 is 9.47 Å². The maximum atomic E-state index is 13.1. The first kappa shape index (κ1) is 34.2.